The molecule has 1 aliphatic heterocycles. The molecule has 2 heterocycles. The molecule has 0 unspecified atom stereocenters. The molecular weight excluding hydrogens is 352 g/mol. The van der Waals surface area contributed by atoms with Crippen LogP contribution in [0.1, 0.15) is 33.6 Å². The van der Waals surface area contributed by atoms with Gasteiger partial charge in [-0.05, 0) is 39.7 Å². The summed E-state index contributed by atoms with van der Waals surface area (Å²) in [6.07, 6.45) is 1.47. The van der Waals surface area contributed by atoms with Crippen molar-refractivity contribution in [2.45, 2.75) is 45.3 Å². The second-order valence-electron chi connectivity index (χ2n) is 7.76. The van der Waals surface area contributed by atoms with Gasteiger partial charge in [-0.25, -0.2) is 4.79 Å². The highest BCUT2D eigenvalue weighted by molar-refractivity contribution is 5.77. The number of carbonyl (C=O) groups excluding carboxylic acids is 1. The third kappa shape index (κ3) is 4.29. The second-order valence-corrected chi connectivity index (χ2v) is 7.76. The van der Waals surface area contributed by atoms with Gasteiger partial charge < -0.3 is 19.0 Å². The Morgan fingerprint density at radius 2 is 2.22 bits per heavy atom. The average Bonchev–Trinajstić information content (AvgIpc) is 3.18. The summed E-state index contributed by atoms with van der Waals surface area (Å²) in [7, 11) is 1.82. The van der Waals surface area contributed by atoms with Crippen LogP contribution in [0.4, 0.5) is 16.5 Å². The minimum Gasteiger partial charge on any atom is -0.444 e. The molecular formula is C18H24N4O5. The zero-order valence-electron chi connectivity index (χ0n) is 16.0. The van der Waals surface area contributed by atoms with Crippen molar-refractivity contribution in [2.24, 2.45) is 0 Å². The molecule has 0 N–H and O–H groups in total. The molecule has 0 radical (unpaired) electrons. The molecule has 1 aromatic carbocycles. The van der Waals surface area contributed by atoms with Crippen LogP contribution < -0.4 is 4.90 Å². The van der Waals surface area contributed by atoms with E-state index < -0.39 is 10.5 Å². The molecule has 3 rings (SSSR count). The zero-order chi connectivity index (χ0) is 19.8. The van der Waals surface area contributed by atoms with Crippen LogP contribution in [0.25, 0.3) is 11.1 Å². The zero-order valence-corrected chi connectivity index (χ0v) is 16.0. The lowest BCUT2D eigenvalue weighted by molar-refractivity contribution is -0.384. The van der Waals surface area contributed by atoms with Gasteiger partial charge in [0.25, 0.3) is 11.7 Å². The fourth-order valence-electron chi connectivity index (χ4n) is 3.16. The number of nitrogens with zero attached hydrogens (tertiary/aromatic N) is 4. The summed E-state index contributed by atoms with van der Waals surface area (Å²) < 4.78 is 11.2. The van der Waals surface area contributed by atoms with Crippen LogP contribution in [-0.4, -0.2) is 52.7 Å². The number of amides is 1. The van der Waals surface area contributed by atoms with E-state index in [4.69, 9.17) is 9.15 Å². The molecule has 9 nitrogen and oxygen atoms in total. The van der Waals surface area contributed by atoms with Crippen LogP contribution >= 0.6 is 0 Å². The van der Waals surface area contributed by atoms with Crippen molar-refractivity contribution in [3.63, 3.8) is 0 Å². The maximum absolute atomic E-state index is 12.4. The van der Waals surface area contributed by atoms with Gasteiger partial charge in [-0.3, -0.25) is 10.1 Å². The van der Waals surface area contributed by atoms with E-state index in [1.165, 1.54) is 12.1 Å². The number of rotatable bonds is 4. The smallest absolute Gasteiger partial charge is 0.410 e. The molecule has 1 atom stereocenters. The molecule has 2 aromatic rings. The number of nitro groups is 1. The van der Waals surface area contributed by atoms with Gasteiger partial charge in [-0.15, -0.1) is 0 Å². The molecule has 0 saturated carbocycles. The number of ether oxygens (including phenoxy) is 1. The third-order valence-corrected chi connectivity index (χ3v) is 4.39. The molecule has 1 amide bonds. The predicted octanol–water partition coefficient (Wildman–Crippen LogP) is 3.57. The Morgan fingerprint density at radius 3 is 2.89 bits per heavy atom. The van der Waals surface area contributed by atoms with Gasteiger partial charge in [0.1, 0.15) is 11.1 Å². The third-order valence-electron chi connectivity index (χ3n) is 4.39. The largest absolute Gasteiger partial charge is 0.444 e. The number of anilines is 1. The molecule has 0 aliphatic carbocycles. The van der Waals surface area contributed by atoms with Gasteiger partial charge in [0.2, 0.25) is 0 Å². The number of likely N-dealkylation sites (N-methyl/N-ethyl adjacent to an activating group) is 1. The van der Waals surface area contributed by atoms with Crippen LogP contribution in [0.15, 0.2) is 22.6 Å². The molecule has 146 valence electrons. The number of hydrogen-bond donors (Lipinski definition) is 0. The maximum atomic E-state index is 12.4. The molecule has 27 heavy (non-hydrogen) atoms. The summed E-state index contributed by atoms with van der Waals surface area (Å²) in [6, 6.07) is 4.67. The first-order chi connectivity index (χ1) is 12.6. The average molecular weight is 376 g/mol. The quantitative estimate of drug-likeness (QED) is 0.593. The van der Waals surface area contributed by atoms with Crippen molar-refractivity contribution in [1.29, 1.82) is 0 Å². The molecule has 1 aromatic heterocycles. The number of fused-ring (bicyclic) bond motifs is 1. The lowest BCUT2D eigenvalue weighted by atomic mass is 10.2. The van der Waals surface area contributed by atoms with Gasteiger partial charge in [-0.1, -0.05) is 0 Å². The Morgan fingerprint density at radius 1 is 1.48 bits per heavy atom. The van der Waals surface area contributed by atoms with Crippen LogP contribution in [0.2, 0.25) is 0 Å². The van der Waals surface area contributed by atoms with E-state index in [-0.39, 0.29) is 17.8 Å². The van der Waals surface area contributed by atoms with Crippen molar-refractivity contribution in [3.8, 4) is 0 Å². The van der Waals surface area contributed by atoms with E-state index in [0.29, 0.717) is 30.2 Å². The number of oxazole rings is 1. The van der Waals surface area contributed by atoms with Crippen molar-refractivity contribution in [2.75, 3.05) is 25.0 Å². The molecule has 0 spiro atoms. The Bertz CT molecular complexity index is 857. The van der Waals surface area contributed by atoms with Crippen molar-refractivity contribution in [3.05, 3.63) is 28.3 Å². The second kappa shape index (κ2) is 7.05. The van der Waals surface area contributed by atoms with Crippen LogP contribution in [-0.2, 0) is 4.74 Å². The van der Waals surface area contributed by atoms with Crippen LogP contribution in [0.3, 0.4) is 0 Å². The first kappa shape index (κ1) is 18.9. The minimum atomic E-state index is -0.537. The predicted molar refractivity (Wildman–Crippen MR) is 99.9 cm³/mol. The minimum absolute atomic E-state index is 0.00537. The van der Waals surface area contributed by atoms with Gasteiger partial charge in [0.05, 0.1) is 11.0 Å². The molecule has 1 aliphatic rings. The number of nitro benzene ring substituents is 1. The number of carbonyl (C=O) groups is 1. The van der Waals surface area contributed by atoms with Crippen LogP contribution in [0.5, 0.6) is 0 Å². The van der Waals surface area contributed by atoms with E-state index in [1.54, 1.807) is 11.0 Å². The first-order valence-electron chi connectivity index (χ1n) is 8.90. The molecule has 1 fully saturated rings. The lowest BCUT2D eigenvalue weighted by Gasteiger charge is -2.30. The summed E-state index contributed by atoms with van der Waals surface area (Å²) in [4.78, 5) is 30.8. The monoisotopic (exact) mass is 376 g/mol. The highest BCUT2D eigenvalue weighted by Gasteiger charge is 2.33. The van der Waals surface area contributed by atoms with Crippen molar-refractivity contribution < 1.29 is 18.9 Å². The summed E-state index contributed by atoms with van der Waals surface area (Å²) in [6.45, 7) is 6.74. The fourth-order valence-corrected chi connectivity index (χ4v) is 3.16. The maximum Gasteiger partial charge on any atom is 0.410 e. The number of hydrogen-bond acceptors (Lipinski definition) is 7. The van der Waals surface area contributed by atoms with Crippen molar-refractivity contribution in [1.82, 2.24) is 9.88 Å². The first-order valence-corrected chi connectivity index (χ1v) is 8.90. The fraction of sp³-hybridized carbons (Fsp3) is 0.556. The SMILES string of the molecule is CN(C[C@H]1CCCN1C(=O)OC(C)(C)C)c1nc2cc([N+](=O)[O-])ccc2o1. The topological polar surface area (TPSA) is 102 Å². The molecule has 0 bridgehead atoms. The van der Waals surface area contributed by atoms with E-state index in [1.807, 2.05) is 32.7 Å². The molecule has 1 saturated heterocycles. The Hall–Kier alpha value is -2.84. The van der Waals surface area contributed by atoms with Gasteiger partial charge in [0, 0.05) is 32.3 Å². The highest BCUT2D eigenvalue weighted by Crippen LogP contribution is 2.27. The number of aromatic nitrogens is 1. The van der Waals surface area contributed by atoms with E-state index in [2.05, 4.69) is 4.98 Å². The summed E-state index contributed by atoms with van der Waals surface area (Å²) in [5.74, 6) is 0. The van der Waals surface area contributed by atoms with E-state index >= 15 is 0 Å². The van der Waals surface area contributed by atoms with E-state index in [9.17, 15) is 14.9 Å². The Kier molecular flexibility index (Phi) is 4.95. The molecule has 9 heteroatoms. The van der Waals surface area contributed by atoms with Gasteiger partial charge in [0.15, 0.2) is 5.58 Å². The Balaban J connectivity index is 1.72. The van der Waals surface area contributed by atoms with Gasteiger partial charge >= 0.3 is 6.09 Å². The Labute approximate surface area is 157 Å². The normalized spacial score (nSPS) is 17.3. The summed E-state index contributed by atoms with van der Waals surface area (Å²) >= 11 is 0. The van der Waals surface area contributed by atoms with E-state index in [0.717, 1.165) is 12.8 Å². The summed E-state index contributed by atoms with van der Waals surface area (Å²) in [5, 5.41) is 10.9. The lowest BCUT2D eigenvalue weighted by Crippen LogP contribution is -2.44. The standard InChI is InChI=1S/C18H24N4O5/c1-18(2,3)27-17(23)21-9-5-6-13(21)11-20(4)16-19-14-10-12(22(24)25)7-8-15(14)26-16/h7-8,10,13H,5-6,9,11H2,1-4H3/t13-/m1/s1. The number of benzene rings is 1. The van der Waals surface area contributed by atoms with Gasteiger partial charge in [-0.2, -0.15) is 4.98 Å². The van der Waals surface area contributed by atoms with Crippen LogP contribution in [0, 0.1) is 10.1 Å². The summed E-state index contributed by atoms with van der Waals surface area (Å²) in [5.41, 5.74) is 0.349. The van der Waals surface area contributed by atoms with Crippen molar-refractivity contribution >= 4 is 28.9 Å². The highest BCUT2D eigenvalue weighted by atomic mass is 16.6. The number of non-ortho nitro benzene ring substituents is 1. The number of likely N-dealkylation sites (tertiary alicyclic amines) is 1.